The van der Waals surface area contributed by atoms with Crippen LogP contribution in [0.15, 0.2) is 126 Å². The minimum Gasteiger partial charge on any atom is -0.450 e. The molecule has 0 radical (unpaired) electrons. The topological polar surface area (TPSA) is 63.6 Å². The van der Waals surface area contributed by atoms with Gasteiger partial charge in [-0.2, -0.15) is 0 Å². The van der Waals surface area contributed by atoms with Crippen LogP contribution in [0.1, 0.15) is 39.6 Å². The van der Waals surface area contributed by atoms with Crippen LogP contribution in [-0.4, -0.2) is 22.5 Å². The van der Waals surface area contributed by atoms with E-state index in [1.54, 1.807) is 36.4 Å². The maximum Gasteiger partial charge on any atom is 0.343 e. The second-order valence-electron chi connectivity index (χ2n) is 8.38. The van der Waals surface area contributed by atoms with Crippen LogP contribution in [0.2, 0.25) is 0 Å². The van der Waals surface area contributed by atoms with E-state index in [1.165, 1.54) is 6.08 Å². The second-order valence-corrected chi connectivity index (χ2v) is 9.30. The first kappa shape index (κ1) is 25.3. The van der Waals surface area contributed by atoms with Crippen LogP contribution in [0, 0.1) is 0 Å². The lowest BCUT2D eigenvalue weighted by Crippen LogP contribution is -2.41. The minimum absolute atomic E-state index is 0.369. The molecule has 5 heteroatoms. The Morgan fingerprint density at radius 1 is 0.778 bits per heavy atom. The molecule has 4 rings (SSSR count). The van der Waals surface area contributed by atoms with Crippen molar-refractivity contribution in [1.82, 2.24) is 0 Å². The lowest BCUT2D eigenvalue weighted by atomic mass is 9.92. The number of esters is 1. The zero-order valence-corrected chi connectivity index (χ0v) is 21.0. The van der Waals surface area contributed by atoms with E-state index < -0.39 is 24.1 Å². The highest BCUT2D eigenvalue weighted by molar-refractivity contribution is 9.10. The van der Waals surface area contributed by atoms with Crippen molar-refractivity contribution in [2.45, 2.75) is 18.1 Å². The molecule has 36 heavy (non-hydrogen) atoms. The molecule has 4 aromatic carbocycles. The van der Waals surface area contributed by atoms with E-state index in [0.29, 0.717) is 5.56 Å². The molecule has 0 heterocycles. The van der Waals surface area contributed by atoms with Crippen LogP contribution >= 0.6 is 15.9 Å². The van der Waals surface area contributed by atoms with E-state index in [-0.39, 0.29) is 5.78 Å². The fourth-order valence-corrected chi connectivity index (χ4v) is 4.04. The quantitative estimate of drug-likeness (QED) is 0.187. The number of ether oxygens (including phenoxy) is 1. The van der Waals surface area contributed by atoms with Gasteiger partial charge < -0.3 is 9.84 Å². The van der Waals surface area contributed by atoms with Gasteiger partial charge in [0.2, 0.25) is 0 Å². The van der Waals surface area contributed by atoms with Gasteiger partial charge in [0.05, 0.1) is 6.42 Å². The average Bonchev–Trinajstić information content (AvgIpc) is 2.92. The molecule has 0 saturated heterocycles. The number of rotatable bonds is 9. The molecular formula is C31H25BrO4. The zero-order valence-electron chi connectivity index (χ0n) is 19.5. The molecule has 1 N–H and O–H groups in total. The normalized spacial score (nSPS) is 12.9. The minimum atomic E-state index is -2.18. The zero-order chi connectivity index (χ0) is 25.4. The Labute approximate surface area is 219 Å². The first-order valence-corrected chi connectivity index (χ1v) is 12.3. The second kappa shape index (κ2) is 11.8. The number of carbonyl (C=O) groups excluding carboxylic acids is 2. The lowest BCUT2D eigenvalue weighted by Gasteiger charge is -2.26. The van der Waals surface area contributed by atoms with Gasteiger partial charge in [-0.3, -0.25) is 4.79 Å². The summed E-state index contributed by atoms with van der Waals surface area (Å²) < 4.78 is 6.84. The average molecular weight is 541 g/mol. The molecule has 0 fully saturated rings. The first-order valence-electron chi connectivity index (χ1n) is 11.5. The molecule has 0 amide bonds. The van der Waals surface area contributed by atoms with Crippen molar-refractivity contribution in [3.05, 3.63) is 148 Å². The molecule has 0 aliphatic rings. The summed E-state index contributed by atoms with van der Waals surface area (Å²) in [6.45, 7) is 0. The summed E-state index contributed by atoms with van der Waals surface area (Å²) in [5.74, 6) is -1.27. The van der Waals surface area contributed by atoms with Gasteiger partial charge in [0.25, 0.3) is 0 Å². The van der Waals surface area contributed by atoms with Crippen LogP contribution in [0.3, 0.4) is 0 Å². The summed E-state index contributed by atoms with van der Waals surface area (Å²) in [6.07, 6.45) is 1.75. The third-order valence-electron chi connectivity index (χ3n) is 5.73. The summed E-state index contributed by atoms with van der Waals surface area (Å²) in [5.41, 5.74) is 0.501. The standard InChI is InChI=1S/C31H25BrO4/c32-27-18-16-23(17-19-27)20-21-31(35,22-28(33)24-10-4-1-5-11-24)30(34)36-29(25-12-6-2-7-13-25)26-14-8-3-9-15-26/h1-21,29,35H,22H2/b21-20+/t31-/m1/s1. The van der Waals surface area contributed by atoms with Crippen LogP contribution in [0.4, 0.5) is 0 Å². The van der Waals surface area contributed by atoms with E-state index in [1.807, 2.05) is 84.9 Å². The first-order chi connectivity index (χ1) is 17.4. The van der Waals surface area contributed by atoms with Crippen LogP contribution in [0.25, 0.3) is 6.08 Å². The fourth-order valence-electron chi connectivity index (χ4n) is 3.77. The van der Waals surface area contributed by atoms with Gasteiger partial charge in [-0.25, -0.2) is 4.79 Å². The van der Waals surface area contributed by atoms with Crippen molar-refractivity contribution in [3.63, 3.8) is 0 Å². The molecule has 4 nitrogen and oxygen atoms in total. The Morgan fingerprint density at radius 3 is 1.81 bits per heavy atom. The lowest BCUT2D eigenvalue weighted by molar-refractivity contribution is -0.164. The molecule has 0 saturated carbocycles. The summed E-state index contributed by atoms with van der Waals surface area (Å²) in [5, 5.41) is 11.6. The van der Waals surface area contributed by atoms with Crippen molar-refractivity contribution >= 4 is 33.8 Å². The molecule has 0 bridgehead atoms. The van der Waals surface area contributed by atoms with Gasteiger partial charge >= 0.3 is 5.97 Å². The van der Waals surface area contributed by atoms with E-state index in [2.05, 4.69) is 15.9 Å². The summed E-state index contributed by atoms with van der Waals surface area (Å²) in [6, 6.07) is 34.6. The molecular weight excluding hydrogens is 516 g/mol. The van der Waals surface area contributed by atoms with Crippen molar-refractivity contribution < 1.29 is 19.4 Å². The van der Waals surface area contributed by atoms with Crippen LogP contribution in [-0.2, 0) is 9.53 Å². The molecule has 4 aromatic rings. The molecule has 0 aliphatic heterocycles. The number of aliphatic hydroxyl groups is 1. The number of carbonyl (C=O) groups is 2. The predicted molar refractivity (Wildman–Crippen MR) is 144 cm³/mol. The van der Waals surface area contributed by atoms with E-state index in [0.717, 1.165) is 21.2 Å². The Hall–Kier alpha value is -3.80. The van der Waals surface area contributed by atoms with E-state index >= 15 is 0 Å². The predicted octanol–water partition coefficient (Wildman–Crippen LogP) is 6.80. The summed E-state index contributed by atoms with van der Waals surface area (Å²) >= 11 is 3.40. The highest BCUT2D eigenvalue weighted by atomic mass is 79.9. The number of hydrogen-bond donors (Lipinski definition) is 1. The van der Waals surface area contributed by atoms with Gasteiger partial charge in [-0.1, -0.05) is 125 Å². The van der Waals surface area contributed by atoms with Crippen molar-refractivity contribution in [1.29, 1.82) is 0 Å². The largest absolute Gasteiger partial charge is 0.450 e. The highest BCUT2D eigenvalue weighted by Crippen LogP contribution is 2.30. The third-order valence-corrected chi connectivity index (χ3v) is 6.26. The maximum atomic E-state index is 13.6. The fraction of sp³-hybridized carbons (Fsp3) is 0.0968. The van der Waals surface area contributed by atoms with Crippen LogP contribution < -0.4 is 0 Å². The Kier molecular flexibility index (Phi) is 8.26. The molecule has 0 aromatic heterocycles. The highest BCUT2D eigenvalue weighted by Gasteiger charge is 2.39. The van der Waals surface area contributed by atoms with Crippen molar-refractivity contribution in [2.75, 3.05) is 0 Å². The Balaban J connectivity index is 1.67. The summed E-state index contributed by atoms with van der Waals surface area (Å²) in [4.78, 5) is 26.6. The molecule has 0 spiro atoms. The van der Waals surface area contributed by atoms with Crippen molar-refractivity contribution in [3.8, 4) is 0 Å². The maximum absolute atomic E-state index is 13.6. The Bertz CT molecular complexity index is 1280. The monoisotopic (exact) mass is 540 g/mol. The molecule has 1 atom stereocenters. The Morgan fingerprint density at radius 2 is 1.28 bits per heavy atom. The van der Waals surface area contributed by atoms with Gasteiger partial charge in [0.1, 0.15) is 0 Å². The number of Topliss-reactive ketones (excluding diaryl/α,β-unsaturated/α-hetero) is 1. The van der Waals surface area contributed by atoms with Gasteiger partial charge in [0.15, 0.2) is 17.5 Å². The van der Waals surface area contributed by atoms with E-state index in [9.17, 15) is 14.7 Å². The number of benzene rings is 4. The number of halogens is 1. The molecule has 180 valence electrons. The number of ketones is 1. The molecule has 0 aliphatic carbocycles. The smallest absolute Gasteiger partial charge is 0.343 e. The van der Waals surface area contributed by atoms with Crippen molar-refractivity contribution in [2.24, 2.45) is 0 Å². The van der Waals surface area contributed by atoms with Gasteiger partial charge in [-0.15, -0.1) is 0 Å². The summed E-state index contributed by atoms with van der Waals surface area (Å²) in [7, 11) is 0. The third kappa shape index (κ3) is 6.45. The molecule has 0 unspecified atom stereocenters. The SMILES string of the molecule is O=C(C[C@](O)(/C=C/c1ccc(Br)cc1)C(=O)OC(c1ccccc1)c1ccccc1)c1ccccc1. The van der Waals surface area contributed by atoms with E-state index in [4.69, 9.17) is 4.74 Å². The van der Waals surface area contributed by atoms with Gasteiger partial charge in [-0.05, 0) is 34.9 Å². The van der Waals surface area contributed by atoms with Gasteiger partial charge in [0, 0.05) is 10.0 Å². The van der Waals surface area contributed by atoms with Crippen LogP contribution in [0.5, 0.6) is 0 Å². The number of hydrogen-bond acceptors (Lipinski definition) is 4.